The highest BCUT2D eigenvalue weighted by molar-refractivity contribution is 5.94. The van der Waals surface area contributed by atoms with Gasteiger partial charge in [0.25, 0.3) is 11.5 Å². The number of hydrogen-bond acceptors (Lipinski definition) is 5. The number of rotatable bonds is 1. The van der Waals surface area contributed by atoms with Crippen LogP contribution in [-0.2, 0) is 4.79 Å². The van der Waals surface area contributed by atoms with E-state index < -0.39 is 11.5 Å². The van der Waals surface area contributed by atoms with Gasteiger partial charge in [-0.25, -0.2) is 4.98 Å². The third kappa shape index (κ3) is 2.68. The number of benzene rings is 1. The minimum atomic E-state index is -0.502. The van der Waals surface area contributed by atoms with Crippen molar-refractivity contribution in [3.05, 3.63) is 40.3 Å². The molecule has 2 amide bonds. The van der Waals surface area contributed by atoms with E-state index in [9.17, 15) is 14.4 Å². The number of hydrogen-bond donors (Lipinski definition) is 1. The van der Waals surface area contributed by atoms with Gasteiger partial charge in [-0.2, -0.15) is 0 Å². The number of nitrogens with one attached hydrogen (secondary N) is 1. The van der Waals surface area contributed by atoms with Crippen molar-refractivity contribution in [3.63, 3.8) is 0 Å². The van der Waals surface area contributed by atoms with Crippen molar-refractivity contribution in [2.45, 2.75) is 6.04 Å². The second-order valence-corrected chi connectivity index (χ2v) is 6.49. The van der Waals surface area contributed by atoms with Crippen LogP contribution in [0.5, 0.6) is 0 Å². The molecule has 0 radical (unpaired) electrons. The lowest BCUT2D eigenvalue weighted by molar-refractivity contribution is -0.142. The summed E-state index contributed by atoms with van der Waals surface area (Å²) in [5.74, 6) is -0.406. The molecule has 1 aromatic carbocycles. The van der Waals surface area contributed by atoms with E-state index in [0.717, 1.165) is 6.54 Å². The Hall–Kier alpha value is -2.74. The van der Waals surface area contributed by atoms with Crippen LogP contribution >= 0.6 is 0 Å². The van der Waals surface area contributed by atoms with Gasteiger partial charge in [0.05, 0.1) is 11.0 Å². The van der Waals surface area contributed by atoms with Gasteiger partial charge in [-0.05, 0) is 12.1 Å². The lowest BCUT2D eigenvalue weighted by atomic mass is 10.1. The normalized spacial score (nSPS) is 21.5. The fourth-order valence-electron chi connectivity index (χ4n) is 3.47. The van der Waals surface area contributed by atoms with Gasteiger partial charge in [-0.3, -0.25) is 19.3 Å². The summed E-state index contributed by atoms with van der Waals surface area (Å²) in [5, 5.41) is 0. The summed E-state index contributed by atoms with van der Waals surface area (Å²) in [6.07, 6.45) is 0. The summed E-state index contributed by atoms with van der Waals surface area (Å²) in [6.45, 7) is 2.91. The third-order valence-electron chi connectivity index (χ3n) is 4.96. The van der Waals surface area contributed by atoms with Gasteiger partial charge in [0.2, 0.25) is 5.91 Å². The number of fused-ring (bicyclic) bond motifs is 2. The van der Waals surface area contributed by atoms with Gasteiger partial charge in [0.1, 0.15) is 6.04 Å². The summed E-state index contributed by atoms with van der Waals surface area (Å²) >= 11 is 0. The molecule has 130 valence electrons. The molecule has 2 aromatic rings. The van der Waals surface area contributed by atoms with Crippen molar-refractivity contribution in [1.82, 2.24) is 24.7 Å². The average Bonchev–Trinajstić information content (AvgIpc) is 2.63. The van der Waals surface area contributed by atoms with E-state index in [4.69, 9.17) is 0 Å². The first kappa shape index (κ1) is 15.8. The monoisotopic (exact) mass is 341 g/mol. The Bertz CT molecular complexity index is 909. The Morgan fingerprint density at radius 1 is 1.16 bits per heavy atom. The molecule has 4 rings (SSSR count). The number of aromatic amines is 1. The number of likely N-dealkylation sites (N-methyl/N-ethyl adjacent to an activating group) is 1. The topological polar surface area (TPSA) is 89.6 Å². The zero-order valence-corrected chi connectivity index (χ0v) is 13.9. The van der Waals surface area contributed by atoms with Gasteiger partial charge < -0.3 is 14.8 Å². The second kappa shape index (κ2) is 5.96. The predicted molar refractivity (Wildman–Crippen MR) is 91.3 cm³/mol. The van der Waals surface area contributed by atoms with E-state index in [1.165, 1.54) is 0 Å². The summed E-state index contributed by atoms with van der Waals surface area (Å²) in [5.41, 5.74) is 0.539. The fourth-order valence-corrected chi connectivity index (χ4v) is 3.47. The van der Waals surface area contributed by atoms with Gasteiger partial charge in [0.15, 0.2) is 5.69 Å². The first-order valence-corrected chi connectivity index (χ1v) is 8.32. The maximum atomic E-state index is 12.8. The van der Waals surface area contributed by atoms with Crippen LogP contribution in [0, 0.1) is 0 Å². The molecule has 2 aliphatic heterocycles. The SMILES string of the molecule is CN1CCN2CCN(C(=O)c3nc4ccccc4[nH]c3=O)C[C@H]2C1=O. The highest BCUT2D eigenvalue weighted by atomic mass is 16.2. The van der Waals surface area contributed by atoms with Gasteiger partial charge >= 0.3 is 0 Å². The summed E-state index contributed by atoms with van der Waals surface area (Å²) in [6, 6.07) is 6.76. The molecule has 1 N–H and O–H groups in total. The molecule has 8 nitrogen and oxygen atoms in total. The van der Waals surface area contributed by atoms with Crippen molar-refractivity contribution < 1.29 is 9.59 Å². The van der Waals surface area contributed by atoms with E-state index in [2.05, 4.69) is 14.9 Å². The van der Waals surface area contributed by atoms with E-state index in [-0.39, 0.29) is 24.2 Å². The average molecular weight is 341 g/mol. The molecular weight excluding hydrogens is 322 g/mol. The Morgan fingerprint density at radius 2 is 1.92 bits per heavy atom. The van der Waals surface area contributed by atoms with Crippen LogP contribution in [0.15, 0.2) is 29.1 Å². The van der Waals surface area contributed by atoms with Crippen LogP contribution in [0.3, 0.4) is 0 Å². The smallest absolute Gasteiger partial charge is 0.280 e. The molecular formula is C17H19N5O3. The van der Waals surface area contributed by atoms with Crippen LogP contribution in [0.1, 0.15) is 10.5 Å². The molecule has 0 saturated carbocycles. The molecule has 0 spiro atoms. The van der Waals surface area contributed by atoms with E-state index in [1.54, 1.807) is 41.1 Å². The Labute approximate surface area is 144 Å². The number of amides is 2. The molecule has 0 unspecified atom stereocenters. The van der Waals surface area contributed by atoms with Crippen molar-refractivity contribution in [2.24, 2.45) is 0 Å². The third-order valence-corrected chi connectivity index (χ3v) is 4.96. The van der Waals surface area contributed by atoms with Crippen molar-refractivity contribution in [1.29, 1.82) is 0 Å². The molecule has 2 saturated heterocycles. The molecule has 1 atom stereocenters. The van der Waals surface area contributed by atoms with Crippen LogP contribution in [-0.4, -0.2) is 82.3 Å². The van der Waals surface area contributed by atoms with E-state index in [0.29, 0.717) is 30.7 Å². The van der Waals surface area contributed by atoms with Crippen molar-refractivity contribution in [2.75, 3.05) is 39.8 Å². The Balaban J connectivity index is 1.62. The maximum Gasteiger partial charge on any atom is 0.280 e. The molecule has 0 bridgehead atoms. The maximum absolute atomic E-state index is 12.8. The van der Waals surface area contributed by atoms with Crippen molar-refractivity contribution in [3.8, 4) is 0 Å². The van der Waals surface area contributed by atoms with Crippen LogP contribution in [0.4, 0.5) is 0 Å². The summed E-state index contributed by atoms with van der Waals surface area (Å²) < 4.78 is 0. The zero-order chi connectivity index (χ0) is 17.6. The molecule has 25 heavy (non-hydrogen) atoms. The predicted octanol–water partition coefficient (Wildman–Crippen LogP) is -0.478. The molecule has 1 aromatic heterocycles. The molecule has 2 aliphatic rings. The summed E-state index contributed by atoms with van der Waals surface area (Å²) in [4.78, 5) is 49.8. The van der Waals surface area contributed by atoms with Crippen LogP contribution < -0.4 is 5.56 Å². The van der Waals surface area contributed by atoms with Gasteiger partial charge in [-0.1, -0.05) is 12.1 Å². The highest BCUT2D eigenvalue weighted by Gasteiger charge is 2.39. The number of piperazine rings is 2. The highest BCUT2D eigenvalue weighted by Crippen LogP contribution is 2.17. The lowest BCUT2D eigenvalue weighted by Gasteiger charge is -2.45. The first-order chi connectivity index (χ1) is 12.0. The number of carbonyl (C=O) groups is 2. The molecule has 2 fully saturated rings. The fraction of sp³-hybridized carbons (Fsp3) is 0.412. The quantitative estimate of drug-likeness (QED) is 0.757. The van der Waals surface area contributed by atoms with E-state index in [1.807, 2.05) is 0 Å². The first-order valence-electron chi connectivity index (χ1n) is 8.32. The number of carbonyl (C=O) groups excluding carboxylic acids is 2. The zero-order valence-electron chi connectivity index (χ0n) is 13.9. The molecule has 0 aliphatic carbocycles. The molecule has 8 heteroatoms. The second-order valence-electron chi connectivity index (χ2n) is 6.49. The van der Waals surface area contributed by atoms with Gasteiger partial charge in [0, 0.05) is 39.8 Å². The van der Waals surface area contributed by atoms with Crippen LogP contribution in [0.2, 0.25) is 0 Å². The number of aromatic nitrogens is 2. The van der Waals surface area contributed by atoms with Crippen molar-refractivity contribution >= 4 is 22.8 Å². The standard InChI is InChI=1S/C17H19N5O3/c1-20-6-7-21-8-9-22(10-13(21)16(20)24)17(25)14-15(23)19-12-5-3-2-4-11(12)18-14/h2-5,13H,6-10H2,1H3,(H,19,23)/t13-/m0/s1. The minimum absolute atomic E-state index is 0.0177. The largest absolute Gasteiger partial charge is 0.343 e. The minimum Gasteiger partial charge on any atom is -0.343 e. The molecule has 3 heterocycles. The summed E-state index contributed by atoms with van der Waals surface area (Å²) in [7, 11) is 1.77. The van der Waals surface area contributed by atoms with Gasteiger partial charge in [-0.15, -0.1) is 0 Å². The van der Waals surface area contributed by atoms with Crippen LogP contribution in [0.25, 0.3) is 11.0 Å². The number of H-pyrrole nitrogens is 1. The Morgan fingerprint density at radius 3 is 2.76 bits per heavy atom. The number of nitrogens with zero attached hydrogens (tertiary/aromatic N) is 4. The van der Waals surface area contributed by atoms with E-state index >= 15 is 0 Å². The Kier molecular flexibility index (Phi) is 3.76. The lowest BCUT2D eigenvalue weighted by Crippen LogP contribution is -2.64. The number of para-hydroxylation sites is 2.